The highest BCUT2D eigenvalue weighted by Gasteiger charge is 2.13. The maximum absolute atomic E-state index is 12.8. The van der Waals surface area contributed by atoms with Gasteiger partial charge in [-0.15, -0.1) is 0 Å². The molecule has 0 radical (unpaired) electrons. The maximum Gasteiger partial charge on any atom is 0.261 e. The van der Waals surface area contributed by atoms with Crippen molar-refractivity contribution >= 4 is 0 Å². The van der Waals surface area contributed by atoms with E-state index in [1.807, 2.05) is 0 Å². The zero-order valence-corrected chi connectivity index (χ0v) is 10.8. The maximum atomic E-state index is 12.8. The second kappa shape index (κ2) is 5.24. The summed E-state index contributed by atoms with van der Waals surface area (Å²) in [6.45, 7) is 0. The SMILES string of the molecule is Oc1ccc(-c2nc(Cc3ccc(F)cc3)no2)c(O)c1. The Bertz CT molecular complexity index is 769. The van der Waals surface area contributed by atoms with Crippen molar-refractivity contribution in [2.75, 3.05) is 0 Å². The normalized spacial score (nSPS) is 10.7. The number of rotatable bonds is 3. The second-order valence-electron chi connectivity index (χ2n) is 4.52. The first-order chi connectivity index (χ1) is 10.1. The second-order valence-corrected chi connectivity index (χ2v) is 4.52. The molecule has 0 saturated carbocycles. The lowest BCUT2D eigenvalue weighted by Gasteiger charge is -1.99. The molecule has 3 aromatic rings. The van der Waals surface area contributed by atoms with Crippen molar-refractivity contribution in [2.45, 2.75) is 6.42 Å². The van der Waals surface area contributed by atoms with Crippen molar-refractivity contribution in [2.24, 2.45) is 0 Å². The summed E-state index contributed by atoms with van der Waals surface area (Å²) < 4.78 is 17.9. The van der Waals surface area contributed by atoms with Gasteiger partial charge >= 0.3 is 0 Å². The van der Waals surface area contributed by atoms with Gasteiger partial charge in [0.2, 0.25) is 0 Å². The molecular weight excluding hydrogens is 275 g/mol. The first-order valence-corrected chi connectivity index (χ1v) is 6.21. The molecular formula is C15H11FN2O3. The summed E-state index contributed by atoms with van der Waals surface area (Å²) in [6.07, 6.45) is 0.391. The smallest absolute Gasteiger partial charge is 0.261 e. The Morgan fingerprint density at radius 3 is 2.52 bits per heavy atom. The van der Waals surface area contributed by atoms with Gasteiger partial charge in [0, 0.05) is 12.5 Å². The molecule has 6 heteroatoms. The van der Waals surface area contributed by atoms with Gasteiger partial charge in [-0.2, -0.15) is 4.98 Å². The molecule has 0 aliphatic heterocycles. The number of hydrogen-bond donors (Lipinski definition) is 2. The zero-order valence-electron chi connectivity index (χ0n) is 10.8. The van der Waals surface area contributed by atoms with Gasteiger partial charge in [-0.3, -0.25) is 0 Å². The summed E-state index contributed by atoms with van der Waals surface area (Å²) in [5.41, 5.74) is 1.18. The van der Waals surface area contributed by atoms with Gasteiger partial charge in [-0.05, 0) is 29.8 Å². The molecule has 0 aliphatic carbocycles. The topological polar surface area (TPSA) is 79.4 Å². The minimum atomic E-state index is -0.304. The van der Waals surface area contributed by atoms with E-state index in [2.05, 4.69) is 10.1 Å². The fraction of sp³-hybridized carbons (Fsp3) is 0.0667. The summed E-state index contributed by atoms with van der Waals surface area (Å²) in [5.74, 6) is 0.0737. The molecule has 0 fully saturated rings. The van der Waals surface area contributed by atoms with Crippen molar-refractivity contribution in [3.63, 3.8) is 0 Å². The molecule has 2 aromatic carbocycles. The van der Waals surface area contributed by atoms with Crippen LogP contribution in [0.5, 0.6) is 11.5 Å². The lowest BCUT2D eigenvalue weighted by Crippen LogP contribution is -1.91. The van der Waals surface area contributed by atoms with E-state index in [9.17, 15) is 14.6 Å². The van der Waals surface area contributed by atoms with Gasteiger partial charge in [0.15, 0.2) is 5.82 Å². The van der Waals surface area contributed by atoms with Crippen LogP contribution in [0.25, 0.3) is 11.5 Å². The number of nitrogens with zero attached hydrogens (tertiary/aromatic N) is 2. The zero-order chi connectivity index (χ0) is 14.8. The number of phenolic OH excluding ortho intramolecular Hbond substituents is 2. The van der Waals surface area contributed by atoms with Crippen molar-refractivity contribution < 1.29 is 19.1 Å². The summed E-state index contributed by atoms with van der Waals surface area (Å²) in [5, 5.41) is 22.8. The van der Waals surface area contributed by atoms with Gasteiger partial charge in [-0.25, -0.2) is 4.39 Å². The predicted molar refractivity (Wildman–Crippen MR) is 72.3 cm³/mol. The van der Waals surface area contributed by atoms with E-state index in [4.69, 9.17) is 4.52 Å². The van der Waals surface area contributed by atoms with Gasteiger partial charge in [0.05, 0.1) is 5.56 Å². The molecule has 0 amide bonds. The monoisotopic (exact) mass is 286 g/mol. The Hall–Kier alpha value is -2.89. The first kappa shape index (κ1) is 13.1. The van der Waals surface area contributed by atoms with Crippen molar-refractivity contribution in [1.82, 2.24) is 10.1 Å². The third-order valence-electron chi connectivity index (χ3n) is 2.96. The van der Waals surface area contributed by atoms with E-state index >= 15 is 0 Å². The molecule has 1 heterocycles. The number of halogens is 1. The summed E-state index contributed by atoms with van der Waals surface area (Å²) in [6, 6.07) is 10.1. The van der Waals surface area contributed by atoms with Crippen molar-refractivity contribution in [1.29, 1.82) is 0 Å². The van der Waals surface area contributed by atoms with Crippen LogP contribution in [0.2, 0.25) is 0 Å². The summed E-state index contributed by atoms with van der Waals surface area (Å²) >= 11 is 0. The highest BCUT2D eigenvalue weighted by molar-refractivity contribution is 5.63. The van der Waals surface area contributed by atoms with E-state index in [0.29, 0.717) is 17.8 Å². The third kappa shape index (κ3) is 2.84. The van der Waals surface area contributed by atoms with Crippen LogP contribution in [0.1, 0.15) is 11.4 Å². The molecule has 0 unspecified atom stereocenters. The van der Waals surface area contributed by atoms with Crippen LogP contribution < -0.4 is 0 Å². The average Bonchev–Trinajstić information content (AvgIpc) is 2.90. The van der Waals surface area contributed by atoms with Crippen molar-refractivity contribution in [3.05, 3.63) is 59.7 Å². The van der Waals surface area contributed by atoms with Gasteiger partial charge in [-0.1, -0.05) is 17.3 Å². The Morgan fingerprint density at radius 1 is 1.05 bits per heavy atom. The highest BCUT2D eigenvalue weighted by atomic mass is 19.1. The standard InChI is InChI=1S/C15H11FN2O3/c16-10-3-1-9(2-4-10)7-14-17-15(21-18-14)12-6-5-11(19)8-13(12)20/h1-6,8,19-20H,7H2. The molecule has 2 N–H and O–H groups in total. The van der Waals surface area contributed by atoms with E-state index < -0.39 is 0 Å². The molecule has 0 saturated heterocycles. The molecule has 106 valence electrons. The quantitative estimate of drug-likeness (QED) is 0.774. The van der Waals surface area contributed by atoms with Crippen LogP contribution in [0.3, 0.4) is 0 Å². The molecule has 0 aliphatic rings. The van der Waals surface area contributed by atoms with Gasteiger partial charge in [0.25, 0.3) is 5.89 Å². The Kier molecular flexibility index (Phi) is 3.27. The number of aromatic nitrogens is 2. The van der Waals surface area contributed by atoms with Crippen LogP contribution in [-0.2, 0) is 6.42 Å². The van der Waals surface area contributed by atoms with Crippen molar-refractivity contribution in [3.8, 4) is 23.0 Å². The van der Waals surface area contributed by atoms with Crippen LogP contribution in [0.15, 0.2) is 47.0 Å². The number of aromatic hydroxyl groups is 2. The molecule has 0 bridgehead atoms. The molecule has 21 heavy (non-hydrogen) atoms. The van der Waals surface area contributed by atoms with Crippen LogP contribution in [0, 0.1) is 5.82 Å². The fourth-order valence-corrected chi connectivity index (χ4v) is 1.92. The molecule has 3 rings (SSSR count). The fourth-order valence-electron chi connectivity index (χ4n) is 1.92. The lowest BCUT2D eigenvalue weighted by molar-refractivity contribution is 0.417. The largest absolute Gasteiger partial charge is 0.508 e. The van der Waals surface area contributed by atoms with E-state index in [1.54, 1.807) is 12.1 Å². The predicted octanol–water partition coefficient (Wildman–Crippen LogP) is 2.88. The average molecular weight is 286 g/mol. The number of phenols is 2. The number of benzene rings is 2. The van der Waals surface area contributed by atoms with E-state index in [0.717, 1.165) is 5.56 Å². The Labute approximate surface area is 119 Å². The first-order valence-electron chi connectivity index (χ1n) is 6.21. The molecule has 5 nitrogen and oxygen atoms in total. The van der Waals surface area contributed by atoms with Crippen LogP contribution in [0.4, 0.5) is 4.39 Å². The third-order valence-corrected chi connectivity index (χ3v) is 2.96. The minimum Gasteiger partial charge on any atom is -0.508 e. The molecule has 1 aromatic heterocycles. The van der Waals surface area contributed by atoms with E-state index in [-0.39, 0.29) is 23.2 Å². The lowest BCUT2D eigenvalue weighted by atomic mass is 10.1. The Balaban J connectivity index is 1.84. The van der Waals surface area contributed by atoms with E-state index in [1.165, 1.54) is 30.3 Å². The van der Waals surface area contributed by atoms with Gasteiger partial charge in [0.1, 0.15) is 17.3 Å². The molecule has 0 atom stereocenters. The summed E-state index contributed by atoms with van der Waals surface area (Å²) in [7, 11) is 0. The van der Waals surface area contributed by atoms with Crippen LogP contribution >= 0.6 is 0 Å². The minimum absolute atomic E-state index is 0.0534. The molecule has 0 spiro atoms. The van der Waals surface area contributed by atoms with Gasteiger partial charge < -0.3 is 14.7 Å². The Morgan fingerprint density at radius 2 is 1.81 bits per heavy atom. The van der Waals surface area contributed by atoms with Crippen LogP contribution in [-0.4, -0.2) is 20.4 Å². The summed E-state index contributed by atoms with van der Waals surface area (Å²) in [4.78, 5) is 4.18. The number of hydrogen-bond acceptors (Lipinski definition) is 5. The highest BCUT2D eigenvalue weighted by Crippen LogP contribution is 2.30.